The second-order valence-corrected chi connectivity index (χ2v) is 4.19. The maximum absolute atomic E-state index is 12.9. The number of hydrogen-bond donors (Lipinski definition) is 1. The first-order chi connectivity index (χ1) is 7.20. The highest BCUT2D eigenvalue weighted by molar-refractivity contribution is 14.1. The van der Waals surface area contributed by atoms with E-state index in [1.165, 1.54) is 6.07 Å². The summed E-state index contributed by atoms with van der Waals surface area (Å²) in [6.07, 6.45) is 4.66. The molecule has 2 heterocycles. The van der Waals surface area contributed by atoms with Gasteiger partial charge >= 0.3 is 0 Å². The van der Waals surface area contributed by atoms with Crippen LogP contribution in [0.5, 0.6) is 0 Å². The van der Waals surface area contributed by atoms with Crippen LogP contribution in [-0.2, 0) is 6.54 Å². The molecule has 0 aliphatic rings. The van der Waals surface area contributed by atoms with E-state index in [2.05, 4.69) is 32.7 Å². The number of halogens is 2. The van der Waals surface area contributed by atoms with Crippen molar-refractivity contribution in [1.29, 1.82) is 0 Å². The Bertz CT molecular complexity index is 483. The van der Waals surface area contributed by atoms with E-state index in [-0.39, 0.29) is 12.4 Å². The zero-order chi connectivity index (χ0) is 10.8. The van der Waals surface area contributed by atoms with Crippen molar-refractivity contribution in [3.8, 4) is 5.82 Å². The molecule has 0 aromatic carbocycles. The zero-order valence-electron chi connectivity index (χ0n) is 7.69. The Hall–Kier alpha value is -1.02. The number of aromatic nitrogens is 3. The normalized spacial score (nSPS) is 10.6. The lowest BCUT2D eigenvalue weighted by molar-refractivity contribution is 0.615. The van der Waals surface area contributed by atoms with Gasteiger partial charge in [-0.2, -0.15) is 5.10 Å². The van der Waals surface area contributed by atoms with Gasteiger partial charge in [0.15, 0.2) is 5.82 Å². The molecule has 0 atom stereocenters. The third-order valence-electron chi connectivity index (χ3n) is 1.90. The van der Waals surface area contributed by atoms with Crippen molar-refractivity contribution in [2.75, 3.05) is 0 Å². The molecule has 0 bridgehead atoms. The first-order valence-corrected chi connectivity index (χ1v) is 5.33. The molecule has 15 heavy (non-hydrogen) atoms. The van der Waals surface area contributed by atoms with Gasteiger partial charge in [-0.3, -0.25) is 0 Å². The summed E-state index contributed by atoms with van der Waals surface area (Å²) >= 11 is 2.14. The molecule has 2 N–H and O–H groups in total. The van der Waals surface area contributed by atoms with Crippen LogP contribution in [0.3, 0.4) is 0 Å². The molecule has 2 aromatic rings. The summed E-state index contributed by atoms with van der Waals surface area (Å²) < 4.78 is 15.5. The lowest BCUT2D eigenvalue weighted by Crippen LogP contribution is -2.07. The highest BCUT2D eigenvalue weighted by Crippen LogP contribution is 2.13. The third kappa shape index (κ3) is 2.15. The Labute approximate surface area is 99.4 Å². The lowest BCUT2D eigenvalue weighted by Gasteiger charge is -2.05. The highest BCUT2D eigenvalue weighted by Gasteiger charge is 2.07. The summed E-state index contributed by atoms with van der Waals surface area (Å²) in [5.41, 5.74) is 6.15. The molecule has 0 saturated carbocycles. The number of nitrogens with zero attached hydrogens (tertiary/aromatic N) is 3. The van der Waals surface area contributed by atoms with Crippen molar-refractivity contribution in [3.63, 3.8) is 0 Å². The van der Waals surface area contributed by atoms with Gasteiger partial charge < -0.3 is 5.73 Å². The number of pyridine rings is 1. The Morgan fingerprint density at radius 3 is 2.87 bits per heavy atom. The SMILES string of the molecule is NCc1cc(F)cnc1-n1cc(I)cn1. The minimum Gasteiger partial charge on any atom is -0.326 e. The summed E-state index contributed by atoms with van der Waals surface area (Å²) in [6, 6.07) is 1.37. The van der Waals surface area contributed by atoms with Crippen LogP contribution in [0.4, 0.5) is 4.39 Å². The number of nitrogens with two attached hydrogens (primary N) is 1. The van der Waals surface area contributed by atoms with E-state index in [0.717, 1.165) is 9.77 Å². The summed E-state index contributed by atoms with van der Waals surface area (Å²) in [5.74, 6) is 0.183. The maximum Gasteiger partial charge on any atom is 0.157 e. The summed E-state index contributed by atoms with van der Waals surface area (Å²) in [4.78, 5) is 3.97. The molecule has 6 heteroatoms. The molecule has 0 fully saturated rings. The zero-order valence-corrected chi connectivity index (χ0v) is 9.85. The van der Waals surface area contributed by atoms with E-state index in [4.69, 9.17) is 5.73 Å². The Balaban J connectivity index is 2.52. The standard InChI is InChI=1S/C9H8FIN4/c10-7-1-6(2-12)9(13-3-7)15-5-8(11)4-14-15/h1,3-5H,2,12H2. The third-order valence-corrected chi connectivity index (χ3v) is 2.45. The molecule has 0 unspecified atom stereocenters. The summed E-state index contributed by atoms with van der Waals surface area (Å²) in [7, 11) is 0. The Morgan fingerprint density at radius 1 is 1.47 bits per heavy atom. The smallest absolute Gasteiger partial charge is 0.157 e. The van der Waals surface area contributed by atoms with Crippen molar-refractivity contribution in [1.82, 2.24) is 14.8 Å². The molecule has 0 radical (unpaired) electrons. The average molecular weight is 318 g/mol. The van der Waals surface area contributed by atoms with Crippen molar-refractivity contribution in [3.05, 3.63) is 39.6 Å². The molecular formula is C9H8FIN4. The second kappa shape index (κ2) is 4.23. The predicted octanol–water partition coefficient (Wildman–Crippen LogP) is 1.47. The van der Waals surface area contributed by atoms with Crippen LogP contribution < -0.4 is 5.73 Å². The van der Waals surface area contributed by atoms with Crippen LogP contribution in [0.15, 0.2) is 24.7 Å². The van der Waals surface area contributed by atoms with Gasteiger partial charge in [-0.15, -0.1) is 0 Å². The van der Waals surface area contributed by atoms with Gasteiger partial charge in [0.05, 0.1) is 16.0 Å². The predicted molar refractivity (Wildman–Crippen MR) is 61.9 cm³/mol. The van der Waals surface area contributed by atoms with Gasteiger partial charge in [-0.25, -0.2) is 14.1 Å². The molecule has 78 valence electrons. The first-order valence-electron chi connectivity index (χ1n) is 4.25. The number of hydrogen-bond acceptors (Lipinski definition) is 3. The molecule has 2 rings (SSSR count). The van der Waals surface area contributed by atoms with E-state index >= 15 is 0 Å². The molecule has 0 aliphatic carbocycles. The molecule has 4 nitrogen and oxygen atoms in total. The molecule has 2 aromatic heterocycles. The van der Waals surface area contributed by atoms with Gasteiger partial charge in [-0.1, -0.05) is 0 Å². The average Bonchev–Trinajstić information content (AvgIpc) is 2.64. The molecule has 0 saturated heterocycles. The fraction of sp³-hybridized carbons (Fsp3) is 0.111. The summed E-state index contributed by atoms with van der Waals surface area (Å²) in [5, 5.41) is 4.09. The van der Waals surface area contributed by atoms with Crippen LogP contribution in [0.25, 0.3) is 5.82 Å². The van der Waals surface area contributed by atoms with Gasteiger partial charge in [0.1, 0.15) is 5.82 Å². The van der Waals surface area contributed by atoms with Gasteiger partial charge in [0.25, 0.3) is 0 Å². The summed E-state index contributed by atoms with van der Waals surface area (Å²) in [6.45, 7) is 0.233. The fourth-order valence-electron chi connectivity index (χ4n) is 1.25. The number of rotatable bonds is 2. The van der Waals surface area contributed by atoms with Crippen LogP contribution in [0, 0.1) is 9.39 Å². The van der Waals surface area contributed by atoms with Crippen LogP contribution >= 0.6 is 22.6 Å². The minimum absolute atomic E-state index is 0.233. The Kier molecular flexibility index (Phi) is 2.96. The first kappa shape index (κ1) is 10.5. The quantitative estimate of drug-likeness (QED) is 0.853. The topological polar surface area (TPSA) is 56.7 Å². The monoisotopic (exact) mass is 318 g/mol. The maximum atomic E-state index is 12.9. The second-order valence-electron chi connectivity index (χ2n) is 2.94. The van der Waals surface area contributed by atoms with E-state index in [1.54, 1.807) is 17.1 Å². The van der Waals surface area contributed by atoms with Crippen molar-refractivity contribution < 1.29 is 4.39 Å². The largest absolute Gasteiger partial charge is 0.326 e. The van der Waals surface area contributed by atoms with E-state index in [0.29, 0.717) is 11.4 Å². The van der Waals surface area contributed by atoms with Crippen molar-refractivity contribution in [2.45, 2.75) is 6.54 Å². The lowest BCUT2D eigenvalue weighted by atomic mass is 10.2. The van der Waals surface area contributed by atoms with Crippen LogP contribution in [0.1, 0.15) is 5.56 Å². The van der Waals surface area contributed by atoms with E-state index in [1.807, 2.05) is 0 Å². The van der Waals surface area contributed by atoms with Crippen LogP contribution in [0.2, 0.25) is 0 Å². The van der Waals surface area contributed by atoms with Gasteiger partial charge in [-0.05, 0) is 28.7 Å². The van der Waals surface area contributed by atoms with Gasteiger partial charge in [0, 0.05) is 18.3 Å². The Morgan fingerprint density at radius 2 is 2.27 bits per heavy atom. The molecular weight excluding hydrogens is 310 g/mol. The molecule has 0 amide bonds. The minimum atomic E-state index is -0.388. The highest BCUT2D eigenvalue weighted by atomic mass is 127. The van der Waals surface area contributed by atoms with E-state index < -0.39 is 0 Å². The van der Waals surface area contributed by atoms with Crippen molar-refractivity contribution >= 4 is 22.6 Å². The fourth-order valence-corrected chi connectivity index (χ4v) is 1.64. The van der Waals surface area contributed by atoms with Gasteiger partial charge in [0.2, 0.25) is 0 Å². The molecule has 0 aliphatic heterocycles. The van der Waals surface area contributed by atoms with Crippen molar-refractivity contribution in [2.24, 2.45) is 5.73 Å². The van der Waals surface area contributed by atoms with Crippen LogP contribution in [-0.4, -0.2) is 14.8 Å². The van der Waals surface area contributed by atoms with E-state index in [9.17, 15) is 4.39 Å². The molecule has 0 spiro atoms.